The molecule has 18 heavy (non-hydrogen) atoms. The van der Waals surface area contributed by atoms with Gasteiger partial charge in [0.2, 0.25) is 0 Å². The molecule has 7 heteroatoms. The van der Waals surface area contributed by atoms with Crippen molar-refractivity contribution in [1.82, 2.24) is 0 Å². The highest BCUT2D eigenvalue weighted by Crippen LogP contribution is 2.33. The van der Waals surface area contributed by atoms with E-state index in [4.69, 9.17) is 10.2 Å². The lowest BCUT2D eigenvalue weighted by molar-refractivity contribution is -0.135. The van der Waals surface area contributed by atoms with E-state index in [9.17, 15) is 14.7 Å². The van der Waals surface area contributed by atoms with Gasteiger partial charge in [-0.15, -0.1) is 0 Å². The molecular formula is C11H8Br2O5. The van der Waals surface area contributed by atoms with Crippen molar-refractivity contribution in [3.05, 3.63) is 38.3 Å². The summed E-state index contributed by atoms with van der Waals surface area (Å²) in [5.41, 5.74) is -0.00560. The molecule has 3 N–H and O–H groups in total. The molecule has 0 aliphatic rings. The fourth-order valence-corrected chi connectivity index (χ4v) is 2.61. The molecule has 5 nitrogen and oxygen atoms in total. The third-order valence-corrected chi connectivity index (χ3v) is 3.12. The number of carboxylic acid groups (broad SMARTS) is 2. The predicted molar refractivity (Wildman–Crippen MR) is 70.6 cm³/mol. The van der Waals surface area contributed by atoms with Gasteiger partial charge in [0.25, 0.3) is 0 Å². The van der Waals surface area contributed by atoms with Gasteiger partial charge in [0.1, 0.15) is 5.75 Å². The molecule has 0 radical (unpaired) electrons. The summed E-state index contributed by atoms with van der Waals surface area (Å²) in [7, 11) is 0. The summed E-state index contributed by atoms with van der Waals surface area (Å²) in [6, 6.07) is 3.12. The summed E-state index contributed by atoms with van der Waals surface area (Å²) in [5.74, 6) is -2.80. The molecule has 1 aromatic carbocycles. The lowest BCUT2D eigenvalue weighted by Gasteiger charge is -2.07. The molecular weight excluding hydrogens is 372 g/mol. The van der Waals surface area contributed by atoms with Crippen LogP contribution in [0, 0.1) is 0 Å². The third kappa shape index (κ3) is 3.85. The maximum Gasteiger partial charge on any atom is 0.332 e. The van der Waals surface area contributed by atoms with Gasteiger partial charge in [-0.2, -0.15) is 0 Å². The first-order valence-corrected chi connectivity index (χ1v) is 6.23. The molecule has 0 spiro atoms. The molecule has 0 aliphatic heterocycles. The van der Waals surface area contributed by atoms with Crippen molar-refractivity contribution in [1.29, 1.82) is 0 Å². The maximum absolute atomic E-state index is 10.9. The summed E-state index contributed by atoms with van der Waals surface area (Å²) < 4.78 is 1.04. The van der Waals surface area contributed by atoms with Crippen molar-refractivity contribution in [2.75, 3.05) is 0 Å². The lowest BCUT2D eigenvalue weighted by atomic mass is 10.0. The molecule has 1 aromatic rings. The third-order valence-electron chi connectivity index (χ3n) is 2.06. The molecule has 0 bridgehead atoms. The van der Waals surface area contributed by atoms with E-state index >= 15 is 0 Å². The molecule has 1 rings (SSSR count). The van der Waals surface area contributed by atoms with Crippen molar-refractivity contribution in [3.8, 4) is 5.75 Å². The quantitative estimate of drug-likeness (QED) is 0.699. The first-order valence-electron chi connectivity index (χ1n) is 4.65. The van der Waals surface area contributed by atoms with Crippen LogP contribution in [0.5, 0.6) is 5.75 Å². The minimum Gasteiger partial charge on any atom is -0.506 e. The molecule has 0 atom stereocenters. The molecule has 96 valence electrons. The van der Waals surface area contributed by atoms with Gasteiger partial charge in [0.15, 0.2) is 0 Å². The molecule has 0 heterocycles. The van der Waals surface area contributed by atoms with Gasteiger partial charge in [-0.3, -0.25) is 0 Å². The van der Waals surface area contributed by atoms with Gasteiger partial charge in [-0.1, -0.05) is 15.9 Å². The monoisotopic (exact) mass is 378 g/mol. The topological polar surface area (TPSA) is 94.8 Å². The minimum absolute atomic E-state index is 0.115. The first-order chi connectivity index (χ1) is 8.31. The van der Waals surface area contributed by atoms with Crippen LogP contribution in [0.4, 0.5) is 0 Å². The van der Waals surface area contributed by atoms with Crippen LogP contribution in [-0.2, 0) is 16.0 Å². The van der Waals surface area contributed by atoms with Crippen molar-refractivity contribution >= 4 is 43.8 Å². The van der Waals surface area contributed by atoms with Gasteiger partial charge < -0.3 is 15.3 Å². The van der Waals surface area contributed by atoms with Crippen LogP contribution in [-0.4, -0.2) is 27.3 Å². The predicted octanol–water partition coefficient (Wildman–Crippen LogP) is 2.56. The van der Waals surface area contributed by atoms with E-state index in [0.29, 0.717) is 20.6 Å². The van der Waals surface area contributed by atoms with Gasteiger partial charge in [0.05, 0.1) is 4.47 Å². The Labute approximate surface area is 119 Å². The second kappa shape index (κ2) is 6.01. The van der Waals surface area contributed by atoms with E-state index in [-0.39, 0.29) is 17.7 Å². The Kier molecular flexibility index (Phi) is 4.92. The number of carboxylic acids is 2. The summed E-state index contributed by atoms with van der Waals surface area (Å²) in [6.45, 7) is 0. The number of halogens is 2. The number of phenolic OH excluding ortho intramolecular Hbond substituents is 1. The Morgan fingerprint density at radius 1 is 1.22 bits per heavy atom. The van der Waals surface area contributed by atoms with Crippen LogP contribution in [0.15, 0.2) is 32.7 Å². The number of hydrogen-bond acceptors (Lipinski definition) is 3. The van der Waals surface area contributed by atoms with Gasteiger partial charge in [-0.25, -0.2) is 9.59 Å². The van der Waals surface area contributed by atoms with E-state index in [0.717, 1.165) is 0 Å². The molecule has 0 aliphatic carbocycles. The first kappa shape index (κ1) is 14.7. The molecule has 0 saturated carbocycles. The fraction of sp³-hybridized carbons (Fsp3) is 0.0909. The molecule has 0 fully saturated rings. The highest BCUT2D eigenvalue weighted by Gasteiger charge is 2.15. The van der Waals surface area contributed by atoms with E-state index < -0.39 is 11.9 Å². The Morgan fingerprint density at radius 3 is 2.33 bits per heavy atom. The zero-order valence-corrected chi connectivity index (χ0v) is 12.0. The summed E-state index contributed by atoms with van der Waals surface area (Å²) >= 11 is 6.31. The van der Waals surface area contributed by atoms with Crippen molar-refractivity contribution in [2.45, 2.75) is 6.42 Å². The number of hydrogen-bond donors (Lipinski definition) is 3. The SMILES string of the molecule is O=C(O)/C=C(\Cc1cc(Br)cc(Br)c1O)C(=O)O. The molecule has 0 aromatic heterocycles. The normalized spacial score (nSPS) is 11.3. The molecule has 0 amide bonds. The highest BCUT2D eigenvalue weighted by atomic mass is 79.9. The van der Waals surface area contributed by atoms with Crippen LogP contribution in [0.1, 0.15) is 5.56 Å². The molecule has 0 saturated heterocycles. The van der Waals surface area contributed by atoms with E-state index in [2.05, 4.69) is 31.9 Å². The zero-order chi connectivity index (χ0) is 13.9. The highest BCUT2D eigenvalue weighted by molar-refractivity contribution is 9.11. The standard InChI is InChI=1S/C11H8Br2O5/c12-7-2-5(10(16)8(13)4-7)1-6(11(17)18)3-9(14)15/h2-4,16H,1H2,(H,14,15)(H,17,18)/b6-3+. The van der Waals surface area contributed by atoms with E-state index in [1.165, 1.54) is 6.07 Å². The Hall–Kier alpha value is -1.34. The zero-order valence-electron chi connectivity index (χ0n) is 8.85. The van der Waals surface area contributed by atoms with E-state index in [1.54, 1.807) is 6.07 Å². The number of aliphatic carboxylic acids is 2. The Bertz CT molecular complexity index is 536. The van der Waals surface area contributed by atoms with Gasteiger partial charge in [0, 0.05) is 28.1 Å². The van der Waals surface area contributed by atoms with Crippen molar-refractivity contribution < 1.29 is 24.9 Å². The van der Waals surface area contributed by atoms with Crippen LogP contribution in [0.25, 0.3) is 0 Å². The lowest BCUT2D eigenvalue weighted by Crippen LogP contribution is -2.07. The maximum atomic E-state index is 10.9. The van der Waals surface area contributed by atoms with Gasteiger partial charge >= 0.3 is 11.9 Å². The Morgan fingerprint density at radius 2 is 1.83 bits per heavy atom. The van der Waals surface area contributed by atoms with Crippen LogP contribution >= 0.6 is 31.9 Å². The van der Waals surface area contributed by atoms with Crippen LogP contribution < -0.4 is 0 Å². The van der Waals surface area contributed by atoms with E-state index in [1.807, 2.05) is 0 Å². The number of carbonyl (C=O) groups is 2. The molecule has 0 unspecified atom stereocenters. The summed E-state index contributed by atoms with van der Waals surface area (Å²) in [5, 5.41) is 27.2. The van der Waals surface area contributed by atoms with Crippen molar-refractivity contribution in [2.24, 2.45) is 0 Å². The average molecular weight is 380 g/mol. The fourth-order valence-electron chi connectivity index (χ4n) is 1.30. The summed E-state index contributed by atoms with van der Waals surface area (Å²) in [6.07, 6.45) is 0.419. The Balaban J connectivity index is 3.16. The second-order valence-electron chi connectivity index (χ2n) is 3.39. The van der Waals surface area contributed by atoms with Crippen molar-refractivity contribution in [3.63, 3.8) is 0 Å². The summed E-state index contributed by atoms with van der Waals surface area (Å²) in [4.78, 5) is 21.4. The van der Waals surface area contributed by atoms with Crippen LogP contribution in [0.3, 0.4) is 0 Å². The van der Waals surface area contributed by atoms with Crippen LogP contribution in [0.2, 0.25) is 0 Å². The number of phenols is 1. The second-order valence-corrected chi connectivity index (χ2v) is 5.16. The number of rotatable bonds is 4. The smallest absolute Gasteiger partial charge is 0.332 e. The number of benzene rings is 1. The van der Waals surface area contributed by atoms with Gasteiger partial charge in [-0.05, 0) is 28.1 Å². The largest absolute Gasteiger partial charge is 0.506 e. The average Bonchev–Trinajstić information content (AvgIpc) is 2.23. The minimum atomic E-state index is -1.35. The number of aromatic hydroxyl groups is 1.